The smallest absolute Gasteiger partial charge is 0.318 e. The summed E-state index contributed by atoms with van der Waals surface area (Å²) in [5.41, 5.74) is 3.31. The lowest BCUT2D eigenvalue weighted by Crippen LogP contribution is -2.25. The van der Waals surface area contributed by atoms with E-state index in [9.17, 15) is 9.90 Å². The van der Waals surface area contributed by atoms with E-state index >= 15 is 0 Å². The van der Waals surface area contributed by atoms with Gasteiger partial charge in [-0.1, -0.05) is 16.4 Å². The lowest BCUT2D eigenvalue weighted by molar-refractivity contribution is -0.147. The van der Waals surface area contributed by atoms with Crippen molar-refractivity contribution in [2.75, 3.05) is 30.4 Å². The van der Waals surface area contributed by atoms with Crippen LogP contribution in [0.25, 0.3) is 11.5 Å². The molecule has 6 rings (SSSR count). The van der Waals surface area contributed by atoms with Crippen molar-refractivity contribution in [2.24, 2.45) is 5.41 Å². The molecule has 13 nitrogen and oxygen atoms in total. The van der Waals surface area contributed by atoms with Gasteiger partial charge in [-0.2, -0.15) is 0 Å². The van der Waals surface area contributed by atoms with Crippen molar-refractivity contribution in [1.82, 2.24) is 35.2 Å². The first-order valence-corrected chi connectivity index (χ1v) is 13.7. The minimum atomic E-state index is -0.820. The zero-order valence-corrected chi connectivity index (χ0v) is 23.3. The maximum atomic E-state index is 11.4. The van der Waals surface area contributed by atoms with Crippen molar-refractivity contribution < 1.29 is 19.1 Å². The number of rotatable bonds is 10. The van der Waals surface area contributed by atoms with Gasteiger partial charge in [-0.3, -0.25) is 9.48 Å². The maximum absolute atomic E-state index is 11.4. The third kappa shape index (κ3) is 5.70. The SMILES string of the molecule is COc1ccc2c(c1)CC(Nc1ncc(-c3nnc(N4CCC(c5cn(CCC(C)(C)C(=O)O)nn5)C4)o3)cn1)C2. The van der Waals surface area contributed by atoms with Gasteiger partial charge in [-0.05, 0) is 62.8 Å². The van der Waals surface area contributed by atoms with Gasteiger partial charge in [0.05, 0.1) is 23.8 Å². The number of hydrogen-bond acceptors (Lipinski definition) is 11. The Balaban J connectivity index is 1.03. The number of benzene rings is 1. The van der Waals surface area contributed by atoms with E-state index in [0.29, 0.717) is 42.9 Å². The van der Waals surface area contributed by atoms with Gasteiger partial charge in [0.15, 0.2) is 0 Å². The highest BCUT2D eigenvalue weighted by Gasteiger charge is 2.31. The van der Waals surface area contributed by atoms with Crippen LogP contribution in [0.3, 0.4) is 0 Å². The Morgan fingerprint density at radius 1 is 1.17 bits per heavy atom. The second kappa shape index (κ2) is 10.8. The number of carbonyl (C=O) groups is 1. The van der Waals surface area contributed by atoms with Crippen LogP contribution >= 0.6 is 0 Å². The topological polar surface area (TPSA) is 157 Å². The number of carboxylic acid groups (broad SMARTS) is 1. The van der Waals surface area contributed by atoms with Gasteiger partial charge in [0, 0.05) is 50.2 Å². The molecule has 2 aliphatic rings. The second-order valence-corrected chi connectivity index (χ2v) is 11.3. The summed E-state index contributed by atoms with van der Waals surface area (Å²) in [5.74, 6) is 1.14. The van der Waals surface area contributed by atoms with Crippen molar-refractivity contribution in [2.45, 2.75) is 58.0 Å². The number of carboxylic acids is 1. The van der Waals surface area contributed by atoms with E-state index in [2.05, 4.69) is 47.9 Å². The Kier molecular flexibility index (Phi) is 7.01. The van der Waals surface area contributed by atoms with E-state index < -0.39 is 11.4 Å². The van der Waals surface area contributed by atoms with Gasteiger partial charge in [0.2, 0.25) is 5.95 Å². The minimum Gasteiger partial charge on any atom is -0.497 e. The molecule has 4 aromatic rings. The van der Waals surface area contributed by atoms with Gasteiger partial charge in [-0.25, -0.2) is 9.97 Å². The molecule has 0 saturated carbocycles. The second-order valence-electron chi connectivity index (χ2n) is 11.3. The number of ether oxygens (including phenoxy) is 1. The minimum absolute atomic E-state index is 0.170. The van der Waals surface area contributed by atoms with E-state index in [0.717, 1.165) is 37.3 Å². The summed E-state index contributed by atoms with van der Waals surface area (Å²) in [5, 5.41) is 29.8. The molecule has 1 fully saturated rings. The number of hydrogen-bond donors (Lipinski definition) is 2. The highest BCUT2D eigenvalue weighted by molar-refractivity contribution is 5.73. The highest BCUT2D eigenvalue weighted by atomic mass is 16.5. The number of aliphatic carboxylic acids is 1. The van der Waals surface area contributed by atoms with E-state index in [1.807, 2.05) is 17.2 Å². The van der Waals surface area contributed by atoms with Gasteiger partial charge < -0.3 is 24.5 Å². The number of anilines is 2. The molecule has 3 aromatic heterocycles. The van der Waals surface area contributed by atoms with Crippen LogP contribution in [0.4, 0.5) is 12.0 Å². The van der Waals surface area contributed by atoms with E-state index in [1.165, 1.54) is 11.1 Å². The first-order valence-electron chi connectivity index (χ1n) is 13.7. The first-order chi connectivity index (χ1) is 19.8. The van der Waals surface area contributed by atoms with Crippen LogP contribution in [0, 0.1) is 5.41 Å². The van der Waals surface area contributed by atoms with Crippen LogP contribution in [-0.4, -0.2) is 72.5 Å². The number of aromatic nitrogens is 7. The zero-order chi connectivity index (χ0) is 28.6. The molecule has 0 bridgehead atoms. The summed E-state index contributed by atoms with van der Waals surface area (Å²) in [6.07, 6.45) is 8.42. The third-order valence-electron chi connectivity index (χ3n) is 7.97. The average molecular weight is 560 g/mol. The summed E-state index contributed by atoms with van der Waals surface area (Å²) < 4.78 is 13.0. The molecule has 13 heteroatoms. The number of methoxy groups -OCH3 is 1. The summed E-state index contributed by atoms with van der Waals surface area (Å²) in [6, 6.07) is 6.86. The molecule has 1 aliphatic heterocycles. The number of nitrogens with zero attached hydrogens (tertiary/aromatic N) is 8. The Morgan fingerprint density at radius 2 is 1.98 bits per heavy atom. The van der Waals surface area contributed by atoms with Crippen LogP contribution in [0.15, 0.2) is 41.2 Å². The van der Waals surface area contributed by atoms with Gasteiger partial charge in [0.25, 0.3) is 5.89 Å². The number of nitrogens with one attached hydrogen (secondary N) is 1. The van der Waals surface area contributed by atoms with Crippen molar-refractivity contribution in [3.05, 3.63) is 53.6 Å². The van der Waals surface area contributed by atoms with Crippen LogP contribution < -0.4 is 15.0 Å². The summed E-state index contributed by atoms with van der Waals surface area (Å²) >= 11 is 0. The molecule has 41 heavy (non-hydrogen) atoms. The van der Waals surface area contributed by atoms with Crippen LogP contribution in [-0.2, 0) is 24.2 Å². The molecule has 0 spiro atoms. The summed E-state index contributed by atoms with van der Waals surface area (Å²) in [4.78, 5) is 22.4. The standard InChI is InChI=1S/C28H33N9O4/c1-28(2,25(38)39)7-9-37-16-23(32-35-37)18-6-8-36(15-18)27-34-33-24(41-27)20-13-29-26(30-14-20)31-21-10-17-4-5-22(40-3)12-19(17)11-21/h4-5,12-14,16,18,21H,6-11,15H2,1-3H3,(H,38,39)(H,29,30,31). The monoisotopic (exact) mass is 559 g/mol. The van der Waals surface area contributed by atoms with E-state index in [1.54, 1.807) is 38.0 Å². The predicted octanol–water partition coefficient (Wildman–Crippen LogP) is 3.20. The van der Waals surface area contributed by atoms with Crippen molar-refractivity contribution in [1.29, 1.82) is 0 Å². The fourth-order valence-electron chi connectivity index (χ4n) is 5.27. The van der Waals surface area contributed by atoms with Gasteiger partial charge in [0.1, 0.15) is 5.75 Å². The largest absolute Gasteiger partial charge is 0.497 e. The number of fused-ring (bicyclic) bond motifs is 1. The van der Waals surface area contributed by atoms with Crippen LogP contribution in [0.2, 0.25) is 0 Å². The molecule has 1 aliphatic carbocycles. The number of aryl methyl sites for hydroxylation is 1. The van der Waals surface area contributed by atoms with Crippen LogP contribution in [0.5, 0.6) is 5.75 Å². The maximum Gasteiger partial charge on any atom is 0.318 e. The Morgan fingerprint density at radius 3 is 2.76 bits per heavy atom. The first kappa shape index (κ1) is 26.7. The van der Waals surface area contributed by atoms with Crippen molar-refractivity contribution in [3.63, 3.8) is 0 Å². The molecule has 2 N–H and O–H groups in total. The fourth-order valence-corrected chi connectivity index (χ4v) is 5.27. The predicted molar refractivity (Wildman–Crippen MR) is 149 cm³/mol. The molecule has 1 aromatic carbocycles. The molecular weight excluding hydrogens is 526 g/mol. The zero-order valence-electron chi connectivity index (χ0n) is 23.3. The lowest BCUT2D eigenvalue weighted by atomic mass is 9.90. The Bertz CT molecular complexity index is 1530. The highest BCUT2D eigenvalue weighted by Crippen LogP contribution is 2.31. The summed E-state index contributed by atoms with van der Waals surface area (Å²) in [7, 11) is 1.68. The average Bonchev–Trinajstić information content (AvgIpc) is 3.77. The van der Waals surface area contributed by atoms with Gasteiger partial charge in [-0.15, -0.1) is 10.2 Å². The molecule has 214 valence electrons. The molecule has 2 unspecified atom stereocenters. The quantitative estimate of drug-likeness (QED) is 0.293. The molecule has 2 atom stereocenters. The Labute approximate surface area is 237 Å². The normalized spacial score (nSPS) is 18.5. The molecule has 4 heterocycles. The van der Waals surface area contributed by atoms with E-state index in [-0.39, 0.29) is 12.0 Å². The molecular formula is C28H33N9O4. The van der Waals surface area contributed by atoms with Crippen molar-refractivity contribution in [3.8, 4) is 17.2 Å². The molecule has 1 saturated heterocycles. The lowest BCUT2D eigenvalue weighted by Gasteiger charge is -2.18. The Hall–Kier alpha value is -4.55. The van der Waals surface area contributed by atoms with Crippen LogP contribution in [0.1, 0.15) is 49.4 Å². The van der Waals surface area contributed by atoms with Gasteiger partial charge >= 0.3 is 12.0 Å². The molecule has 0 amide bonds. The van der Waals surface area contributed by atoms with Crippen molar-refractivity contribution >= 4 is 17.9 Å². The molecule has 0 radical (unpaired) electrons. The van der Waals surface area contributed by atoms with E-state index in [4.69, 9.17) is 9.15 Å². The third-order valence-corrected chi connectivity index (χ3v) is 7.97. The fraction of sp³-hybridized carbons (Fsp3) is 0.464. The summed E-state index contributed by atoms with van der Waals surface area (Å²) in [6.45, 7) is 5.35.